The molecule has 2 rings (SSSR count). The smallest absolute Gasteiger partial charge is 0.141 e. The Bertz CT molecular complexity index is 385. The summed E-state index contributed by atoms with van der Waals surface area (Å²) in [4.78, 5) is 6.96. The standard InChI is InChI=1S/C14H27N5/c1-11(2)15-8-13-6-5-7-18(13)9-14-16-10-17-19(14)12(3)4/h10-13,15H,5-9H2,1-4H3. The van der Waals surface area contributed by atoms with Crippen LogP contribution in [0.1, 0.15) is 52.4 Å². The van der Waals surface area contributed by atoms with Crippen LogP contribution in [0.3, 0.4) is 0 Å². The van der Waals surface area contributed by atoms with Crippen LogP contribution in [0.4, 0.5) is 0 Å². The largest absolute Gasteiger partial charge is 0.313 e. The summed E-state index contributed by atoms with van der Waals surface area (Å²) >= 11 is 0. The summed E-state index contributed by atoms with van der Waals surface area (Å²) in [7, 11) is 0. The fraction of sp³-hybridized carbons (Fsp3) is 0.857. The van der Waals surface area contributed by atoms with Gasteiger partial charge in [-0.2, -0.15) is 5.10 Å². The van der Waals surface area contributed by atoms with E-state index in [0.717, 1.165) is 18.9 Å². The van der Waals surface area contributed by atoms with Gasteiger partial charge in [0.1, 0.15) is 12.2 Å². The first-order valence-corrected chi connectivity index (χ1v) is 7.43. The molecule has 1 unspecified atom stereocenters. The van der Waals surface area contributed by atoms with Crippen LogP contribution in [0, 0.1) is 0 Å². The van der Waals surface area contributed by atoms with Gasteiger partial charge in [0.2, 0.25) is 0 Å². The molecule has 1 fully saturated rings. The van der Waals surface area contributed by atoms with Crippen LogP contribution < -0.4 is 5.32 Å². The second-order valence-electron chi connectivity index (χ2n) is 6.04. The molecular weight excluding hydrogens is 238 g/mol. The van der Waals surface area contributed by atoms with Gasteiger partial charge in [-0.15, -0.1) is 0 Å². The molecule has 1 saturated heterocycles. The lowest BCUT2D eigenvalue weighted by molar-refractivity contribution is 0.224. The van der Waals surface area contributed by atoms with Gasteiger partial charge in [0.15, 0.2) is 0 Å². The molecule has 5 heteroatoms. The first-order chi connectivity index (χ1) is 9.08. The number of hydrogen-bond acceptors (Lipinski definition) is 4. The molecule has 1 N–H and O–H groups in total. The summed E-state index contributed by atoms with van der Waals surface area (Å²) in [6.45, 7) is 11.9. The maximum Gasteiger partial charge on any atom is 0.141 e. The minimum atomic E-state index is 0.382. The number of hydrogen-bond donors (Lipinski definition) is 1. The van der Waals surface area contributed by atoms with Crippen molar-refractivity contribution in [3.8, 4) is 0 Å². The molecule has 0 radical (unpaired) electrons. The second-order valence-corrected chi connectivity index (χ2v) is 6.04. The number of rotatable bonds is 6. The molecule has 1 aromatic heterocycles. The Morgan fingerprint density at radius 2 is 2.16 bits per heavy atom. The van der Waals surface area contributed by atoms with Gasteiger partial charge < -0.3 is 5.32 Å². The molecule has 0 bridgehead atoms. The fourth-order valence-electron chi connectivity index (χ4n) is 2.71. The fourth-order valence-corrected chi connectivity index (χ4v) is 2.71. The van der Waals surface area contributed by atoms with Gasteiger partial charge in [-0.3, -0.25) is 4.90 Å². The predicted octanol–water partition coefficient (Wildman–Crippen LogP) is 1.82. The van der Waals surface area contributed by atoms with Crippen molar-refractivity contribution < 1.29 is 0 Å². The highest BCUT2D eigenvalue weighted by atomic mass is 15.4. The van der Waals surface area contributed by atoms with Gasteiger partial charge in [-0.1, -0.05) is 13.8 Å². The van der Waals surface area contributed by atoms with E-state index >= 15 is 0 Å². The van der Waals surface area contributed by atoms with Crippen molar-refractivity contribution in [1.29, 1.82) is 0 Å². The molecule has 0 saturated carbocycles. The van der Waals surface area contributed by atoms with Crippen LogP contribution in [0.2, 0.25) is 0 Å². The lowest BCUT2D eigenvalue weighted by Crippen LogP contribution is -2.40. The summed E-state index contributed by atoms with van der Waals surface area (Å²) < 4.78 is 2.03. The summed E-state index contributed by atoms with van der Waals surface area (Å²) in [5.41, 5.74) is 0. The minimum Gasteiger partial charge on any atom is -0.313 e. The van der Waals surface area contributed by atoms with Gasteiger partial charge in [0.25, 0.3) is 0 Å². The molecule has 1 aromatic rings. The zero-order chi connectivity index (χ0) is 13.8. The zero-order valence-electron chi connectivity index (χ0n) is 12.6. The van der Waals surface area contributed by atoms with E-state index < -0.39 is 0 Å². The molecule has 0 aliphatic carbocycles. The molecule has 2 heterocycles. The molecule has 0 amide bonds. The van der Waals surface area contributed by atoms with E-state index in [1.165, 1.54) is 19.4 Å². The summed E-state index contributed by atoms with van der Waals surface area (Å²) in [5.74, 6) is 1.09. The summed E-state index contributed by atoms with van der Waals surface area (Å²) in [6, 6.07) is 1.58. The highest BCUT2D eigenvalue weighted by Gasteiger charge is 2.25. The van der Waals surface area contributed by atoms with Crippen molar-refractivity contribution in [3.05, 3.63) is 12.2 Å². The van der Waals surface area contributed by atoms with Crippen LogP contribution in [-0.4, -0.2) is 44.8 Å². The van der Waals surface area contributed by atoms with E-state index in [2.05, 4.69) is 48.0 Å². The van der Waals surface area contributed by atoms with Crippen molar-refractivity contribution in [1.82, 2.24) is 25.0 Å². The lowest BCUT2D eigenvalue weighted by atomic mass is 10.2. The average molecular weight is 265 g/mol. The van der Waals surface area contributed by atoms with Gasteiger partial charge in [0, 0.05) is 24.7 Å². The highest BCUT2D eigenvalue weighted by molar-refractivity contribution is 4.91. The van der Waals surface area contributed by atoms with E-state index in [9.17, 15) is 0 Å². The van der Waals surface area contributed by atoms with E-state index in [1.54, 1.807) is 6.33 Å². The van der Waals surface area contributed by atoms with E-state index in [-0.39, 0.29) is 0 Å². The molecule has 1 aliphatic heterocycles. The van der Waals surface area contributed by atoms with Crippen molar-refractivity contribution >= 4 is 0 Å². The van der Waals surface area contributed by atoms with Crippen LogP contribution in [-0.2, 0) is 6.54 Å². The van der Waals surface area contributed by atoms with Crippen molar-refractivity contribution in [2.24, 2.45) is 0 Å². The van der Waals surface area contributed by atoms with Crippen LogP contribution in [0.15, 0.2) is 6.33 Å². The van der Waals surface area contributed by atoms with Crippen LogP contribution in [0.25, 0.3) is 0 Å². The number of nitrogens with one attached hydrogen (secondary N) is 1. The first kappa shape index (κ1) is 14.5. The molecule has 5 nitrogen and oxygen atoms in total. The molecule has 1 aliphatic rings. The maximum absolute atomic E-state index is 4.42. The molecular formula is C14H27N5. The first-order valence-electron chi connectivity index (χ1n) is 7.43. The van der Waals surface area contributed by atoms with Crippen molar-refractivity contribution in [2.75, 3.05) is 13.1 Å². The Labute approximate surface area is 116 Å². The lowest BCUT2D eigenvalue weighted by Gasteiger charge is -2.25. The van der Waals surface area contributed by atoms with Gasteiger partial charge in [0.05, 0.1) is 6.54 Å². The predicted molar refractivity (Wildman–Crippen MR) is 77.0 cm³/mol. The Balaban J connectivity index is 1.95. The van der Waals surface area contributed by atoms with Crippen LogP contribution in [0.5, 0.6) is 0 Å². The third-order valence-corrected chi connectivity index (χ3v) is 3.74. The van der Waals surface area contributed by atoms with Crippen molar-refractivity contribution in [2.45, 2.75) is 65.2 Å². The molecule has 19 heavy (non-hydrogen) atoms. The third-order valence-electron chi connectivity index (χ3n) is 3.74. The van der Waals surface area contributed by atoms with E-state index in [4.69, 9.17) is 0 Å². The highest BCUT2D eigenvalue weighted by Crippen LogP contribution is 2.19. The van der Waals surface area contributed by atoms with E-state index in [0.29, 0.717) is 18.1 Å². The molecule has 108 valence electrons. The van der Waals surface area contributed by atoms with Crippen LogP contribution >= 0.6 is 0 Å². The number of aromatic nitrogens is 3. The molecule has 0 aromatic carbocycles. The minimum absolute atomic E-state index is 0.382. The van der Waals surface area contributed by atoms with E-state index in [1.807, 2.05) is 4.68 Å². The monoisotopic (exact) mass is 265 g/mol. The summed E-state index contributed by atoms with van der Waals surface area (Å²) in [5, 5.41) is 7.87. The van der Waals surface area contributed by atoms with Gasteiger partial charge in [-0.05, 0) is 33.2 Å². The number of nitrogens with zero attached hydrogens (tertiary/aromatic N) is 4. The van der Waals surface area contributed by atoms with Crippen molar-refractivity contribution in [3.63, 3.8) is 0 Å². The van der Waals surface area contributed by atoms with Gasteiger partial charge >= 0.3 is 0 Å². The SMILES string of the molecule is CC(C)NCC1CCCN1Cc1ncnn1C(C)C. The van der Waals surface area contributed by atoms with Gasteiger partial charge in [-0.25, -0.2) is 9.67 Å². The average Bonchev–Trinajstić information content (AvgIpc) is 2.96. The Hall–Kier alpha value is -0.940. The number of likely N-dealkylation sites (tertiary alicyclic amines) is 1. The Morgan fingerprint density at radius 3 is 2.84 bits per heavy atom. The molecule has 1 atom stereocenters. The quantitative estimate of drug-likeness (QED) is 0.852. The maximum atomic E-state index is 4.42. The zero-order valence-corrected chi connectivity index (χ0v) is 12.6. The normalized spacial score (nSPS) is 20.8. The molecule has 0 spiro atoms. The summed E-state index contributed by atoms with van der Waals surface area (Å²) in [6.07, 6.45) is 4.25. The Kier molecular flexibility index (Phi) is 4.93. The topological polar surface area (TPSA) is 46.0 Å². The Morgan fingerprint density at radius 1 is 1.37 bits per heavy atom. The third kappa shape index (κ3) is 3.76. The second kappa shape index (κ2) is 6.48.